The van der Waals surface area contributed by atoms with Crippen LogP contribution in [0.2, 0.25) is 5.02 Å². The third kappa shape index (κ3) is 2.61. The van der Waals surface area contributed by atoms with Crippen LogP contribution in [-0.4, -0.2) is 19.0 Å². The summed E-state index contributed by atoms with van der Waals surface area (Å²) < 4.78 is 4.65. The summed E-state index contributed by atoms with van der Waals surface area (Å²) in [5.41, 5.74) is 3.37. The van der Waals surface area contributed by atoms with Gasteiger partial charge in [0.25, 0.3) is 5.91 Å². The van der Waals surface area contributed by atoms with Crippen molar-refractivity contribution in [2.24, 2.45) is 0 Å². The molecule has 0 unspecified atom stereocenters. The van der Waals surface area contributed by atoms with E-state index in [1.165, 1.54) is 7.11 Å². The highest BCUT2D eigenvalue weighted by Crippen LogP contribution is 2.34. The van der Waals surface area contributed by atoms with Gasteiger partial charge in [0.15, 0.2) is 0 Å². The number of esters is 1. The summed E-state index contributed by atoms with van der Waals surface area (Å²) in [6, 6.07) is 12.1. The van der Waals surface area contributed by atoms with Gasteiger partial charge in [-0.25, -0.2) is 4.79 Å². The van der Waals surface area contributed by atoms with E-state index in [0.29, 0.717) is 21.8 Å². The molecule has 1 aliphatic heterocycles. The second-order valence-electron chi connectivity index (χ2n) is 4.82. The summed E-state index contributed by atoms with van der Waals surface area (Å²) in [6.45, 7) is 0. The van der Waals surface area contributed by atoms with Crippen molar-refractivity contribution in [1.29, 1.82) is 0 Å². The van der Waals surface area contributed by atoms with Gasteiger partial charge >= 0.3 is 5.97 Å². The summed E-state index contributed by atoms with van der Waals surface area (Å²) in [5.74, 6) is -0.563. The number of hydrogen-bond donors (Lipinski definition) is 1. The molecule has 3 rings (SSSR count). The Kier molecular flexibility index (Phi) is 3.69. The lowest BCUT2D eigenvalue weighted by Crippen LogP contribution is -2.03. The van der Waals surface area contributed by atoms with Crippen molar-refractivity contribution in [3.05, 3.63) is 64.2 Å². The van der Waals surface area contributed by atoms with Gasteiger partial charge in [-0.1, -0.05) is 29.8 Å². The largest absolute Gasteiger partial charge is 0.465 e. The van der Waals surface area contributed by atoms with E-state index in [2.05, 4.69) is 10.1 Å². The first kappa shape index (κ1) is 14.4. The molecule has 2 aromatic carbocycles. The van der Waals surface area contributed by atoms with Gasteiger partial charge in [-0.2, -0.15) is 0 Å². The van der Waals surface area contributed by atoms with Crippen molar-refractivity contribution in [3.63, 3.8) is 0 Å². The van der Waals surface area contributed by atoms with Gasteiger partial charge in [0.2, 0.25) is 0 Å². The first-order valence-electron chi connectivity index (χ1n) is 6.60. The number of fused-ring (bicyclic) bond motifs is 1. The Labute approximate surface area is 132 Å². The third-order valence-corrected chi connectivity index (χ3v) is 3.64. The quantitative estimate of drug-likeness (QED) is 0.680. The molecular formula is C17H12ClNO3. The van der Waals surface area contributed by atoms with E-state index in [1.807, 2.05) is 6.07 Å². The van der Waals surface area contributed by atoms with E-state index in [9.17, 15) is 9.59 Å². The Bertz CT molecular complexity index is 794. The summed E-state index contributed by atoms with van der Waals surface area (Å²) in [7, 11) is 1.34. The van der Waals surface area contributed by atoms with Crippen LogP contribution in [0.1, 0.15) is 21.5 Å². The van der Waals surface area contributed by atoms with E-state index in [1.54, 1.807) is 42.5 Å². The molecule has 22 heavy (non-hydrogen) atoms. The van der Waals surface area contributed by atoms with Crippen LogP contribution < -0.4 is 5.32 Å². The molecule has 0 fully saturated rings. The summed E-state index contributed by atoms with van der Waals surface area (Å²) in [5, 5.41) is 3.35. The predicted octanol–water partition coefficient (Wildman–Crippen LogP) is 3.62. The van der Waals surface area contributed by atoms with Crippen LogP contribution in [0.15, 0.2) is 42.5 Å². The number of methoxy groups -OCH3 is 1. The maximum absolute atomic E-state index is 12.1. The average molecular weight is 314 g/mol. The molecule has 1 amide bonds. The Morgan fingerprint density at radius 3 is 2.59 bits per heavy atom. The van der Waals surface area contributed by atoms with Crippen LogP contribution in [0.4, 0.5) is 5.69 Å². The lowest BCUT2D eigenvalue weighted by atomic mass is 10.0. The zero-order chi connectivity index (χ0) is 15.7. The molecule has 0 bridgehead atoms. The number of hydrogen-bond acceptors (Lipinski definition) is 3. The van der Waals surface area contributed by atoms with Crippen LogP contribution >= 0.6 is 11.6 Å². The molecule has 0 saturated carbocycles. The first-order valence-corrected chi connectivity index (χ1v) is 6.97. The molecular weight excluding hydrogens is 302 g/mol. The number of anilines is 1. The lowest BCUT2D eigenvalue weighted by Gasteiger charge is -2.01. The van der Waals surface area contributed by atoms with Crippen LogP contribution in [0.25, 0.3) is 11.6 Å². The van der Waals surface area contributed by atoms with Gasteiger partial charge in [0, 0.05) is 16.2 Å². The Hall–Kier alpha value is -2.59. The van der Waals surface area contributed by atoms with Crippen molar-refractivity contribution in [2.75, 3.05) is 12.4 Å². The van der Waals surface area contributed by atoms with Crippen molar-refractivity contribution < 1.29 is 14.3 Å². The van der Waals surface area contributed by atoms with Crippen molar-refractivity contribution in [2.45, 2.75) is 0 Å². The molecule has 5 heteroatoms. The molecule has 4 nitrogen and oxygen atoms in total. The first-order chi connectivity index (χ1) is 10.6. The van der Waals surface area contributed by atoms with Crippen molar-refractivity contribution >= 4 is 40.8 Å². The molecule has 0 saturated heterocycles. The zero-order valence-electron chi connectivity index (χ0n) is 11.7. The van der Waals surface area contributed by atoms with Crippen LogP contribution in [0.3, 0.4) is 0 Å². The molecule has 1 aliphatic rings. The number of carbonyl (C=O) groups excluding carboxylic acids is 2. The highest BCUT2D eigenvalue weighted by Gasteiger charge is 2.24. The van der Waals surface area contributed by atoms with Gasteiger partial charge < -0.3 is 10.1 Å². The summed E-state index contributed by atoms with van der Waals surface area (Å²) >= 11 is 5.93. The number of carbonyl (C=O) groups is 2. The average Bonchev–Trinajstić information content (AvgIpc) is 2.82. The number of halogens is 1. The van der Waals surface area contributed by atoms with E-state index < -0.39 is 5.97 Å². The van der Waals surface area contributed by atoms with E-state index in [0.717, 1.165) is 11.1 Å². The number of rotatable bonds is 2. The fraction of sp³-hybridized carbons (Fsp3) is 0.0588. The molecule has 1 N–H and O–H groups in total. The third-order valence-electron chi connectivity index (χ3n) is 3.41. The highest BCUT2D eigenvalue weighted by atomic mass is 35.5. The molecule has 0 radical (unpaired) electrons. The minimum atomic E-state index is -0.391. The second kappa shape index (κ2) is 5.66. The summed E-state index contributed by atoms with van der Waals surface area (Å²) in [6.07, 6.45) is 1.77. The Morgan fingerprint density at radius 1 is 1.18 bits per heavy atom. The molecule has 2 aromatic rings. The Morgan fingerprint density at radius 2 is 1.91 bits per heavy atom. The molecule has 0 aromatic heterocycles. The Balaban J connectivity index is 1.96. The monoisotopic (exact) mass is 313 g/mol. The smallest absolute Gasteiger partial charge is 0.337 e. The fourth-order valence-electron chi connectivity index (χ4n) is 2.31. The van der Waals surface area contributed by atoms with Crippen molar-refractivity contribution in [1.82, 2.24) is 0 Å². The van der Waals surface area contributed by atoms with Gasteiger partial charge in [-0.3, -0.25) is 4.79 Å². The minimum Gasteiger partial charge on any atom is -0.465 e. The van der Waals surface area contributed by atoms with E-state index in [4.69, 9.17) is 11.6 Å². The van der Waals surface area contributed by atoms with Gasteiger partial charge in [-0.05, 0) is 35.9 Å². The van der Waals surface area contributed by atoms with Crippen LogP contribution in [0.5, 0.6) is 0 Å². The van der Waals surface area contributed by atoms with Gasteiger partial charge in [0.05, 0.1) is 18.4 Å². The van der Waals surface area contributed by atoms with E-state index in [-0.39, 0.29) is 5.91 Å². The number of amides is 1. The van der Waals surface area contributed by atoms with Crippen LogP contribution in [0, 0.1) is 0 Å². The van der Waals surface area contributed by atoms with E-state index >= 15 is 0 Å². The normalized spacial score (nSPS) is 14.6. The zero-order valence-corrected chi connectivity index (χ0v) is 12.5. The van der Waals surface area contributed by atoms with Gasteiger partial charge in [-0.15, -0.1) is 0 Å². The number of nitrogens with one attached hydrogen (secondary N) is 1. The summed E-state index contributed by atoms with van der Waals surface area (Å²) in [4.78, 5) is 23.5. The number of benzene rings is 2. The maximum Gasteiger partial charge on any atom is 0.337 e. The topological polar surface area (TPSA) is 55.4 Å². The molecule has 110 valence electrons. The predicted molar refractivity (Wildman–Crippen MR) is 85.7 cm³/mol. The lowest BCUT2D eigenvalue weighted by molar-refractivity contribution is -0.110. The minimum absolute atomic E-state index is 0.172. The molecule has 0 atom stereocenters. The molecule has 0 aliphatic carbocycles. The molecule has 1 heterocycles. The van der Waals surface area contributed by atoms with Crippen LogP contribution in [-0.2, 0) is 9.53 Å². The number of ether oxygens (including phenoxy) is 1. The van der Waals surface area contributed by atoms with Gasteiger partial charge in [0.1, 0.15) is 0 Å². The standard InChI is InChI=1S/C17H12ClNO3/c1-22-17(21)11-4-2-10(3-5-11)8-14-13-7-6-12(18)9-15(13)19-16(14)20/h2-9H,1H3,(H,19,20)/b14-8+. The van der Waals surface area contributed by atoms with Crippen molar-refractivity contribution in [3.8, 4) is 0 Å². The SMILES string of the molecule is COC(=O)c1ccc(/C=C2/C(=O)Nc3cc(Cl)ccc32)cc1. The molecule has 0 spiro atoms. The highest BCUT2D eigenvalue weighted by molar-refractivity contribution is 6.36. The fourth-order valence-corrected chi connectivity index (χ4v) is 2.48. The maximum atomic E-state index is 12.1. The second-order valence-corrected chi connectivity index (χ2v) is 5.25.